The zero-order valence-corrected chi connectivity index (χ0v) is 20.9. The number of anilines is 1. The molecule has 37 heavy (non-hydrogen) atoms. The number of hydrogen-bond acceptors (Lipinski definition) is 6. The molecule has 0 unspecified atom stereocenters. The maximum atomic E-state index is 14.4. The molecule has 8 nitrogen and oxygen atoms in total. The van der Waals surface area contributed by atoms with Crippen molar-refractivity contribution in [2.45, 2.75) is 37.8 Å². The Morgan fingerprint density at radius 3 is 2.14 bits per heavy atom. The van der Waals surface area contributed by atoms with Crippen molar-refractivity contribution in [3.8, 4) is 5.75 Å². The Labute approximate surface area is 215 Å². The van der Waals surface area contributed by atoms with Crippen LogP contribution < -0.4 is 9.75 Å². The number of aliphatic hydroxyl groups excluding tert-OH is 1. The number of ether oxygens (including phenoxy) is 1. The molecule has 3 aromatic rings. The van der Waals surface area contributed by atoms with Crippen LogP contribution in [0.2, 0.25) is 0 Å². The van der Waals surface area contributed by atoms with Gasteiger partial charge in [-0.1, -0.05) is 67.6 Å². The topological polar surface area (TPSA) is 105 Å². The summed E-state index contributed by atoms with van der Waals surface area (Å²) in [6.45, 7) is 3.48. The summed E-state index contributed by atoms with van der Waals surface area (Å²) in [5.74, 6) is -2.08. The lowest BCUT2D eigenvalue weighted by Crippen LogP contribution is -2.64. The number of benzene rings is 3. The Balaban J connectivity index is 1.75. The number of carbonyl (C=O) groups is 1. The number of hydrazone groups is 1. The van der Waals surface area contributed by atoms with Crippen LogP contribution >= 0.6 is 0 Å². The number of nitro groups is 1. The van der Waals surface area contributed by atoms with Gasteiger partial charge in [0.2, 0.25) is 6.04 Å². The monoisotopic (exact) mass is 499 g/mol. The third-order valence-electron chi connectivity index (χ3n) is 8.03. The highest BCUT2D eigenvalue weighted by molar-refractivity contribution is 6.20. The minimum absolute atomic E-state index is 0.289. The summed E-state index contributed by atoms with van der Waals surface area (Å²) in [5, 5.41) is 30.8. The van der Waals surface area contributed by atoms with E-state index in [1.807, 2.05) is 36.4 Å². The largest absolute Gasteiger partial charge is 0.497 e. The molecule has 1 aliphatic carbocycles. The van der Waals surface area contributed by atoms with E-state index in [0.29, 0.717) is 22.7 Å². The van der Waals surface area contributed by atoms with Crippen molar-refractivity contribution < 1.29 is 19.6 Å². The van der Waals surface area contributed by atoms with E-state index in [1.165, 1.54) is 5.01 Å². The molecular weight excluding hydrogens is 470 g/mol. The van der Waals surface area contributed by atoms with E-state index < -0.39 is 41.2 Å². The summed E-state index contributed by atoms with van der Waals surface area (Å²) in [4.78, 5) is 27.0. The molecule has 6 atom stereocenters. The average Bonchev–Trinajstić information content (AvgIpc) is 3.18. The molecule has 0 saturated heterocycles. The van der Waals surface area contributed by atoms with E-state index in [1.54, 1.807) is 69.5 Å². The molecule has 0 bridgehead atoms. The number of amides is 1. The fourth-order valence-corrected chi connectivity index (χ4v) is 6.33. The second kappa shape index (κ2) is 9.44. The third kappa shape index (κ3) is 3.71. The fraction of sp³-hybridized carbons (Fsp3) is 0.310. The van der Waals surface area contributed by atoms with Gasteiger partial charge in [0.05, 0.1) is 36.4 Å². The number of methoxy groups -OCH3 is 1. The molecule has 190 valence electrons. The van der Waals surface area contributed by atoms with E-state index >= 15 is 0 Å². The summed E-state index contributed by atoms with van der Waals surface area (Å²) < 4.78 is 5.31. The maximum Gasteiger partial charge on any atom is 0.262 e. The average molecular weight is 500 g/mol. The Morgan fingerprint density at radius 2 is 1.57 bits per heavy atom. The molecule has 0 aromatic heterocycles. The molecule has 0 radical (unpaired) electrons. The predicted molar refractivity (Wildman–Crippen MR) is 140 cm³/mol. The third-order valence-corrected chi connectivity index (χ3v) is 8.03. The lowest BCUT2D eigenvalue weighted by Gasteiger charge is -2.50. The molecule has 1 fully saturated rings. The van der Waals surface area contributed by atoms with Crippen LogP contribution in [-0.2, 0) is 4.79 Å². The van der Waals surface area contributed by atoms with E-state index in [9.17, 15) is 20.0 Å². The summed E-state index contributed by atoms with van der Waals surface area (Å²) in [6, 6.07) is 23.9. The number of hydrogen-bond donors (Lipinski definition) is 1. The molecule has 1 spiro atoms. The van der Waals surface area contributed by atoms with Crippen LogP contribution in [0, 0.1) is 21.4 Å². The van der Waals surface area contributed by atoms with E-state index in [4.69, 9.17) is 4.74 Å². The normalized spacial score (nSPS) is 29.3. The molecule has 8 heteroatoms. The molecule has 2 aliphatic rings. The van der Waals surface area contributed by atoms with Crippen LogP contribution in [0.4, 0.5) is 5.69 Å². The predicted octanol–water partition coefficient (Wildman–Crippen LogP) is 4.63. The van der Waals surface area contributed by atoms with Gasteiger partial charge in [-0.2, -0.15) is 10.1 Å². The van der Waals surface area contributed by atoms with E-state index in [0.717, 1.165) is 5.56 Å². The molecule has 1 N–H and O–H groups in total. The van der Waals surface area contributed by atoms with Crippen LogP contribution in [0.3, 0.4) is 0 Å². The SMILES string of the molecule is COc1ccc([C@@H]2[C@@H]([N+](=O)[O-])[C@H](c3ccccc3)[C@@H](C)[C@H](O)[C@]23C(=O)N(c2ccccc2)N=C3C)cc1. The van der Waals surface area contributed by atoms with Gasteiger partial charge in [0.25, 0.3) is 5.91 Å². The lowest BCUT2D eigenvalue weighted by molar-refractivity contribution is -0.539. The van der Waals surface area contributed by atoms with Crippen LogP contribution in [0.15, 0.2) is 90.0 Å². The Hall–Kier alpha value is -4.04. The zero-order valence-electron chi connectivity index (χ0n) is 20.9. The Kier molecular flexibility index (Phi) is 6.29. The minimum Gasteiger partial charge on any atom is -0.497 e. The second-order valence-electron chi connectivity index (χ2n) is 9.77. The Bertz CT molecular complexity index is 1330. The highest BCUT2D eigenvalue weighted by Gasteiger charge is 2.70. The maximum absolute atomic E-state index is 14.4. The van der Waals surface area contributed by atoms with Gasteiger partial charge >= 0.3 is 0 Å². The van der Waals surface area contributed by atoms with Crippen molar-refractivity contribution in [3.05, 3.63) is 106 Å². The lowest BCUT2D eigenvalue weighted by atomic mass is 9.51. The van der Waals surface area contributed by atoms with Crippen molar-refractivity contribution in [1.82, 2.24) is 0 Å². The summed E-state index contributed by atoms with van der Waals surface area (Å²) >= 11 is 0. The van der Waals surface area contributed by atoms with Crippen molar-refractivity contribution >= 4 is 17.3 Å². The van der Waals surface area contributed by atoms with E-state index in [-0.39, 0.29) is 4.92 Å². The highest BCUT2D eigenvalue weighted by atomic mass is 16.6. The smallest absolute Gasteiger partial charge is 0.262 e. The molecule has 5 rings (SSSR count). The number of para-hydroxylation sites is 1. The minimum atomic E-state index is -1.62. The quantitative estimate of drug-likeness (QED) is 0.407. The molecule has 3 aromatic carbocycles. The number of rotatable bonds is 5. The molecule has 1 saturated carbocycles. The van der Waals surface area contributed by atoms with Crippen LogP contribution in [0.5, 0.6) is 5.75 Å². The van der Waals surface area contributed by atoms with Gasteiger partial charge < -0.3 is 9.84 Å². The molecule has 1 aliphatic heterocycles. The van der Waals surface area contributed by atoms with Crippen molar-refractivity contribution in [2.24, 2.45) is 16.4 Å². The van der Waals surface area contributed by atoms with Crippen molar-refractivity contribution in [1.29, 1.82) is 0 Å². The van der Waals surface area contributed by atoms with Gasteiger partial charge in [-0.15, -0.1) is 0 Å². The number of nitrogens with zero attached hydrogens (tertiary/aromatic N) is 3. The van der Waals surface area contributed by atoms with Crippen LogP contribution in [0.1, 0.15) is 36.8 Å². The second-order valence-corrected chi connectivity index (χ2v) is 9.77. The molecule has 1 heterocycles. The first-order valence-corrected chi connectivity index (χ1v) is 12.3. The van der Waals surface area contributed by atoms with Gasteiger partial charge in [0.1, 0.15) is 11.2 Å². The fourth-order valence-electron chi connectivity index (χ4n) is 6.33. The van der Waals surface area contributed by atoms with Crippen LogP contribution in [0.25, 0.3) is 0 Å². The molecule has 1 amide bonds. The first-order valence-electron chi connectivity index (χ1n) is 12.3. The van der Waals surface area contributed by atoms with Crippen molar-refractivity contribution in [3.63, 3.8) is 0 Å². The van der Waals surface area contributed by atoms with Gasteiger partial charge in [-0.3, -0.25) is 14.9 Å². The molecular formula is C29H29N3O5. The standard InChI is InChI=1S/C29H29N3O5/c1-18-24(20-10-6-4-7-11-20)26(32(35)36)25(21-14-16-23(37-3)17-15-21)29(27(18)33)19(2)30-31(28(29)34)22-12-8-5-9-13-22/h4-18,24-27,33H,1-3H3/t18-,24+,25-,26+,27+,29-/m1/s1. The van der Waals surface area contributed by atoms with Gasteiger partial charge in [0.15, 0.2) is 0 Å². The zero-order chi connectivity index (χ0) is 26.3. The van der Waals surface area contributed by atoms with Gasteiger partial charge in [-0.05, 0) is 48.2 Å². The summed E-state index contributed by atoms with van der Waals surface area (Å²) in [7, 11) is 1.54. The highest BCUT2D eigenvalue weighted by Crippen LogP contribution is 2.58. The first kappa shape index (κ1) is 24.6. The van der Waals surface area contributed by atoms with E-state index in [2.05, 4.69) is 5.10 Å². The van der Waals surface area contributed by atoms with Crippen LogP contribution in [-0.4, -0.2) is 40.9 Å². The number of aliphatic hydroxyl groups is 1. The number of carbonyl (C=O) groups excluding carboxylic acids is 1. The van der Waals surface area contributed by atoms with Crippen molar-refractivity contribution in [2.75, 3.05) is 12.1 Å². The summed E-state index contributed by atoms with van der Waals surface area (Å²) in [5.41, 5.74) is 0.614. The van der Waals surface area contributed by atoms with Gasteiger partial charge in [0, 0.05) is 4.92 Å². The summed E-state index contributed by atoms with van der Waals surface area (Å²) in [6.07, 6.45) is -1.22. The Morgan fingerprint density at radius 1 is 0.973 bits per heavy atom. The van der Waals surface area contributed by atoms with Gasteiger partial charge in [-0.25, -0.2) is 0 Å². The first-order chi connectivity index (χ1) is 17.8.